The van der Waals surface area contributed by atoms with Crippen molar-refractivity contribution in [3.8, 4) is 0 Å². The van der Waals surface area contributed by atoms with E-state index in [0.29, 0.717) is 32.7 Å². The maximum atomic E-state index is 12.4. The highest BCUT2D eigenvalue weighted by molar-refractivity contribution is 5.78. The van der Waals surface area contributed by atoms with Gasteiger partial charge in [0.05, 0.1) is 23.7 Å². The molecule has 0 bridgehead atoms. The number of amides is 1. The first-order chi connectivity index (χ1) is 10.7. The number of morpholine rings is 1. The van der Waals surface area contributed by atoms with Crippen LogP contribution in [0.3, 0.4) is 0 Å². The van der Waals surface area contributed by atoms with E-state index in [0.717, 1.165) is 23.3 Å². The van der Waals surface area contributed by atoms with Crippen LogP contribution in [0.1, 0.15) is 26.1 Å². The van der Waals surface area contributed by atoms with Crippen LogP contribution in [0, 0.1) is 0 Å². The summed E-state index contributed by atoms with van der Waals surface area (Å²) in [4.78, 5) is 19.0. The van der Waals surface area contributed by atoms with E-state index >= 15 is 0 Å². The Kier molecular flexibility index (Phi) is 4.43. The van der Waals surface area contributed by atoms with Gasteiger partial charge < -0.3 is 14.2 Å². The average Bonchev–Trinajstić information content (AvgIpc) is 2.90. The second kappa shape index (κ2) is 6.48. The second-order valence-electron chi connectivity index (χ2n) is 5.79. The SMILES string of the molecule is CCc1nc2ccccc2n1CCC(=O)N1CCO[C@H](C)C1. The molecule has 1 aliphatic heterocycles. The Bertz CT molecular complexity index is 665. The summed E-state index contributed by atoms with van der Waals surface area (Å²) in [5, 5.41) is 0. The predicted molar refractivity (Wildman–Crippen MR) is 85.7 cm³/mol. The van der Waals surface area contributed by atoms with E-state index in [1.54, 1.807) is 0 Å². The lowest BCUT2D eigenvalue weighted by molar-refractivity contribution is -0.138. The molecule has 0 spiro atoms. The zero-order valence-electron chi connectivity index (χ0n) is 13.3. The van der Waals surface area contributed by atoms with Gasteiger partial charge in [0.25, 0.3) is 0 Å². The Morgan fingerprint density at radius 2 is 2.23 bits per heavy atom. The molecule has 22 heavy (non-hydrogen) atoms. The molecule has 0 radical (unpaired) electrons. The van der Waals surface area contributed by atoms with Crippen LogP contribution in [0.15, 0.2) is 24.3 Å². The first-order valence-corrected chi connectivity index (χ1v) is 8.02. The molecule has 0 unspecified atom stereocenters. The molecule has 2 aromatic rings. The van der Waals surface area contributed by atoms with Crippen LogP contribution < -0.4 is 0 Å². The number of carbonyl (C=O) groups is 1. The van der Waals surface area contributed by atoms with Gasteiger partial charge >= 0.3 is 0 Å². The molecule has 1 fully saturated rings. The van der Waals surface area contributed by atoms with E-state index in [2.05, 4.69) is 22.5 Å². The molecule has 5 nitrogen and oxygen atoms in total. The predicted octanol–water partition coefficient (Wildman–Crippen LogP) is 2.24. The quantitative estimate of drug-likeness (QED) is 0.870. The van der Waals surface area contributed by atoms with Crippen molar-refractivity contribution in [2.24, 2.45) is 0 Å². The molecule has 1 aromatic heterocycles. The van der Waals surface area contributed by atoms with Crippen molar-refractivity contribution in [2.45, 2.75) is 39.3 Å². The Hall–Kier alpha value is -1.88. The fraction of sp³-hybridized carbons (Fsp3) is 0.529. The van der Waals surface area contributed by atoms with E-state index in [-0.39, 0.29) is 12.0 Å². The van der Waals surface area contributed by atoms with E-state index in [4.69, 9.17) is 4.74 Å². The Morgan fingerprint density at radius 3 is 3.00 bits per heavy atom. The summed E-state index contributed by atoms with van der Waals surface area (Å²) in [7, 11) is 0. The average molecular weight is 301 g/mol. The highest BCUT2D eigenvalue weighted by Crippen LogP contribution is 2.17. The molecular weight excluding hydrogens is 278 g/mol. The van der Waals surface area contributed by atoms with Gasteiger partial charge in [-0.25, -0.2) is 4.98 Å². The molecule has 1 amide bonds. The van der Waals surface area contributed by atoms with Gasteiger partial charge in [0, 0.05) is 32.5 Å². The molecule has 5 heteroatoms. The number of imidazole rings is 1. The molecule has 3 rings (SSSR count). The summed E-state index contributed by atoms with van der Waals surface area (Å²) < 4.78 is 7.67. The summed E-state index contributed by atoms with van der Waals surface area (Å²) in [5.41, 5.74) is 2.12. The Balaban J connectivity index is 1.72. The van der Waals surface area contributed by atoms with Crippen molar-refractivity contribution in [2.75, 3.05) is 19.7 Å². The third-order valence-corrected chi connectivity index (χ3v) is 4.19. The van der Waals surface area contributed by atoms with Gasteiger partial charge in [0.2, 0.25) is 5.91 Å². The molecule has 1 saturated heterocycles. The number of aromatic nitrogens is 2. The first-order valence-electron chi connectivity index (χ1n) is 8.02. The fourth-order valence-corrected chi connectivity index (χ4v) is 3.06. The summed E-state index contributed by atoms with van der Waals surface area (Å²) in [5.74, 6) is 1.25. The number of rotatable bonds is 4. The van der Waals surface area contributed by atoms with Crippen molar-refractivity contribution in [3.05, 3.63) is 30.1 Å². The van der Waals surface area contributed by atoms with E-state index in [1.165, 1.54) is 0 Å². The van der Waals surface area contributed by atoms with Gasteiger partial charge in [0.15, 0.2) is 0 Å². The lowest BCUT2D eigenvalue weighted by atomic mass is 10.2. The number of hydrogen-bond acceptors (Lipinski definition) is 3. The monoisotopic (exact) mass is 301 g/mol. The molecule has 0 N–H and O–H groups in total. The number of para-hydroxylation sites is 2. The van der Waals surface area contributed by atoms with E-state index < -0.39 is 0 Å². The smallest absolute Gasteiger partial charge is 0.224 e. The Labute approximate surface area is 130 Å². The normalized spacial score (nSPS) is 18.8. The summed E-state index contributed by atoms with van der Waals surface area (Å²) in [6, 6.07) is 8.12. The van der Waals surface area contributed by atoms with E-state index in [1.807, 2.05) is 30.0 Å². The molecule has 1 aliphatic rings. The summed E-state index contributed by atoms with van der Waals surface area (Å²) in [6.07, 6.45) is 1.52. The molecule has 1 aromatic carbocycles. The van der Waals surface area contributed by atoms with Gasteiger partial charge in [-0.1, -0.05) is 19.1 Å². The molecular formula is C17H23N3O2. The fourth-order valence-electron chi connectivity index (χ4n) is 3.06. The van der Waals surface area contributed by atoms with E-state index in [9.17, 15) is 4.79 Å². The van der Waals surface area contributed by atoms with Crippen LogP contribution in [0.5, 0.6) is 0 Å². The minimum atomic E-state index is 0.137. The van der Waals surface area contributed by atoms with Crippen molar-refractivity contribution in [1.29, 1.82) is 0 Å². The standard InChI is InChI=1S/C17H23N3O2/c1-3-16-18-14-6-4-5-7-15(14)20(16)9-8-17(21)19-10-11-22-13(2)12-19/h4-7,13H,3,8-12H2,1-2H3/t13-/m1/s1. The topological polar surface area (TPSA) is 47.4 Å². The van der Waals surface area contributed by atoms with Gasteiger partial charge in [-0.15, -0.1) is 0 Å². The van der Waals surface area contributed by atoms with Crippen molar-refractivity contribution < 1.29 is 9.53 Å². The van der Waals surface area contributed by atoms with Gasteiger partial charge in [-0.2, -0.15) is 0 Å². The van der Waals surface area contributed by atoms with Crippen molar-refractivity contribution in [3.63, 3.8) is 0 Å². The molecule has 2 heterocycles. The van der Waals surface area contributed by atoms with Crippen molar-refractivity contribution in [1.82, 2.24) is 14.5 Å². The van der Waals surface area contributed by atoms with Crippen LogP contribution in [0.25, 0.3) is 11.0 Å². The van der Waals surface area contributed by atoms with Gasteiger partial charge in [-0.3, -0.25) is 4.79 Å². The number of nitrogens with zero attached hydrogens (tertiary/aromatic N) is 3. The maximum absolute atomic E-state index is 12.4. The molecule has 1 atom stereocenters. The van der Waals surface area contributed by atoms with Crippen LogP contribution in [-0.4, -0.2) is 46.2 Å². The summed E-state index contributed by atoms with van der Waals surface area (Å²) in [6.45, 7) is 6.84. The molecule has 0 saturated carbocycles. The minimum absolute atomic E-state index is 0.137. The number of aryl methyl sites for hydroxylation is 2. The van der Waals surface area contributed by atoms with Gasteiger partial charge in [0.1, 0.15) is 5.82 Å². The molecule has 0 aliphatic carbocycles. The van der Waals surface area contributed by atoms with Gasteiger partial charge in [-0.05, 0) is 19.1 Å². The van der Waals surface area contributed by atoms with Crippen LogP contribution >= 0.6 is 0 Å². The summed E-state index contributed by atoms with van der Waals surface area (Å²) >= 11 is 0. The number of fused-ring (bicyclic) bond motifs is 1. The highest BCUT2D eigenvalue weighted by atomic mass is 16.5. The van der Waals surface area contributed by atoms with Crippen molar-refractivity contribution >= 4 is 16.9 Å². The number of benzene rings is 1. The number of hydrogen-bond donors (Lipinski definition) is 0. The lowest BCUT2D eigenvalue weighted by Crippen LogP contribution is -2.44. The minimum Gasteiger partial charge on any atom is -0.375 e. The first kappa shape index (κ1) is 15.0. The lowest BCUT2D eigenvalue weighted by Gasteiger charge is -2.31. The molecule has 118 valence electrons. The second-order valence-corrected chi connectivity index (χ2v) is 5.79. The van der Waals surface area contributed by atoms with Crippen LogP contribution in [0.2, 0.25) is 0 Å². The largest absolute Gasteiger partial charge is 0.375 e. The zero-order valence-corrected chi connectivity index (χ0v) is 13.3. The number of ether oxygens (including phenoxy) is 1. The Morgan fingerprint density at radius 1 is 1.41 bits per heavy atom. The number of carbonyl (C=O) groups excluding carboxylic acids is 1. The van der Waals surface area contributed by atoms with Crippen LogP contribution in [-0.2, 0) is 22.5 Å². The third-order valence-electron chi connectivity index (χ3n) is 4.19. The zero-order chi connectivity index (χ0) is 15.5. The maximum Gasteiger partial charge on any atom is 0.224 e. The third kappa shape index (κ3) is 2.99. The highest BCUT2D eigenvalue weighted by Gasteiger charge is 2.21. The van der Waals surface area contributed by atoms with Crippen LogP contribution in [0.4, 0.5) is 0 Å².